The number of nitrogens with zero attached hydrogens (tertiary/aromatic N) is 2. The van der Waals surface area contributed by atoms with Gasteiger partial charge in [-0.15, -0.1) is 11.3 Å². The van der Waals surface area contributed by atoms with Crippen LogP contribution in [0.3, 0.4) is 0 Å². The Morgan fingerprint density at radius 2 is 2.31 bits per heavy atom. The summed E-state index contributed by atoms with van der Waals surface area (Å²) in [4.78, 5) is 13.1. The molecule has 5 nitrogen and oxygen atoms in total. The van der Waals surface area contributed by atoms with Gasteiger partial charge in [0.15, 0.2) is 5.00 Å². The molecule has 0 bridgehead atoms. The van der Waals surface area contributed by atoms with Crippen LogP contribution >= 0.6 is 11.3 Å². The van der Waals surface area contributed by atoms with E-state index in [-0.39, 0.29) is 10.6 Å². The SMILES string of the molecule is C[C@@H](O)c1cc([N+](=O)[O-])c(N(C)C2CC2)s1. The van der Waals surface area contributed by atoms with Crippen LogP contribution < -0.4 is 4.90 Å². The van der Waals surface area contributed by atoms with Gasteiger partial charge in [0, 0.05) is 24.0 Å². The Morgan fingerprint density at radius 1 is 1.69 bits per heavy atom. The summed E-state index contributed by atoms with van der Waals surface area (Å²) in [6.07, 6.45) is 1.54. The molecule has 88 valence electrons. The third-order valence-corrected chi connectivity index (χ3v) is 4.12. The highest BCUT2D eigenvalue weighted by Gasteiger charge is 2.32. The Hall–Kier alpha value is -1.14. The van der Waals surface area contributed by atoms with E-state index >= 15 is 0 Å². The Bertz CT molecular complexity index is 412. The summed E-state index contributed by atoms with van der Waals surface area (Å²) in [6, 6.07) is 1.91. The number of aliphatic hydroxyl groups excluding tert-OH is 1. The monoisotopic (exact) mass is 242 g/mol. The molecule has 1 aromatic heterocycles. The molecule has 1 aliphatic rings. The van der Waals surface area contributed by atoms with E-state index in [1.54, 1.807) is 6.92 Å². The Morgan fingerprint density at radius 3 is 2.75 bits per heavy atom. The molecule has 0 amide bonds. The molecule has 0 spiro atoms. The highest BCUT2D eigenvalue weighted by Crippen LogP contribution is 2.43. The summed E-state index contributed by atoms with van der Waals surface area (Å²) in [5, 5.41) is 21.0. The minimum absolute atomic E-state index is 0.107. The van der Waals surface area contributed by atoms with Crippen LogP contribution in [-0.4, -0.2) is 23.1 Å². The van der Waals surface area contributed by atoms with Gasteiger partial charge in [-0.2, -0.15) is 0 Å². The first-order chi connectivity index (χ1) is 7.50. The zero-order valence-corrected chi connectivity index (χ0v) is 10.0. The van der Waals surface area contributed by atoms with Crippen molar-refractivity contribution in [3.63, 3.8) is 0 Å². The molecule has 1 heterocycles. The van der Waals surface area contributed by atoms with Gasteiger partial charge in [0.25, 0.3) is 0 Å². The molecule has 1 atom stereocenters. The van der Waals surface area contributed by atoms with E-state index in [0.717, 1.165) is 12.8 Å². The minimum atomic E-state index is -0.648. The lowest BCUT2D eigenvalue weighted by Gasteiger charge is -2.14. The normalized spacial score (nSPS) is 17.2. The number of anilines is 1. The first-order valence-corrected chi connectivity index (χ1v) is 6.01. The average molecular weight is 242 g/mol. The van der Waals surface area contributed by atoms with Gasteiger partial charge in [-0.05, 0) is 19.8 Å². The molecule has 6 heteroatoms. The number of rotatable bonds is 4. The van der Waals surface area contributed by atoms with Crippen LogP contribution in [-0.2, 0) is 0 Å². The minimum Gasteiger partial charge on any atom is -0.388 e. The van der Waals surface area contributed by atoms with Gasteiger partial charge in [0.1, 0.15) is 0 Å². The Balaban J connectivity index is 2.36. The average Bonchev–Trinajstić information content (AvgIpc) is 2.94. The van der Waals surface area contributed by atoms with Gasteiger partial charge in [0.2, 0.25) is 0 Å². The zero-order valence-electron chi connectivity index (χ0n) is 9.21. The number of thiophene rings is 1. The molecule has 1 N–H and O–H groups in total. The summed E-state index contributed by atoms with van der Waals surface area (Å²) in [5.74, 6) is 0. The third-order valence-electron chi connectivity index (χ3n) is 2.74. The second kappa shape index (κ2) is 4.03. The summed E-state index contributed by atoms with van der Waals surface area (Å²) >= 11 is 1.31. The summed E-state index contributed by atoms with van der Waals surface area (Å²) in [5.41, 5.74) is 0.107. The molecular weight excluding hydrogens is 228 g/mol. The number of hydrogen-bond donors (Lipinski definition) is 1. The molecule has 1 aromatic rings. The van der Waals surface area contributed by atoms with Crippen LogP contribution in [0.2, 0.25) is 0 Å². The van der Waals surface area contributed by atoms with Crippen LogP contribution in [0.25, 0.3) is 0 Å². The molecule has 1 saturated carbocycles. The molecule has 0 saturated heterocycles. The van der Waals surface area contributed by atoms with Gasteiger partial charge in [-0.3, -0.25) is 10.1 Å². The topological polar surface area (TPSA) is 66.6 Å². The quantitative estimate of drug-likeness (QED) is 0.650. The van der Waals surface area contributed by atoms with Crippen LogP contribution in [0, 0.1) is 10.1 Å². The van der Waals surface area contributed by atoms with Gasteiger partial charge < -0.3 is 10.0 Å². The second-order valence-corrected chi connectivity index (χ2v) is 5.18. The highest BCUT2D eigenvalue weighted by atomic mass is 32.1. The first-order valence-electron chi connectivity index (χ1n) is 5.19. The second-order valence-electron chi connectivity index (χ2n) is 4.11. The lowest BCUT2D eigenvalue weighted by molar-refractivity contribution is -0.383. The molecule has 0 radical (unpaired) electrons. The van der Waals surface area contributed by atoms with E-state index in [2.05, 4.69) is 0 Å². The van der Waals surface area contributed by atoms with Crippen LogP contribution in [0.4, 0.5) is 10.7 Å². The van der Waals surface area contributed by atoms with Crippen molar-refractivity contribution in [2.24, 2.45) is 0 Å². The van der Waals surface area contributed by atoms with E-state index in [9.17, 15) is 15.2 Å². The highest BCUT2D eigenvalue weighted by molar-refractivity contribution is 7.16. The first kappa shape index (κ1) is 11.3. The van der Waals surface area contributed by atoms with E-state index in [1.165, 1.54) is 17.4 Å². The Kier molecular flexibility index (Phi) is 2.86. The summed E-state index contributed by atoms with van der Waals surface area (Å²) < 4.78 is 0. The van der Waals surface area contributed by atoms with Crippen molar-refractivity contribution < 1.29 is 10.0 Å². The Labute approximate surface area is 97.5 Å². The standard InChI is InChI=1S/C10H14N2O3S/c1-6(13)9-5-8(12(14)15)10(16-9)11(2)7-3-4-7/h5-7,13H,3-4H2,1-2H3/t6-/m1/s1. The third kappa shape index (κ3) is 2.03. The maximum absolute atomic E-state index is 10.9. The van der Waals surface area contributed by atoms with Crippen LogP contribution in [0.15, 0.2) is 6.07 Å². The van der Waals surface area contributed by atoms with Crippen molar-refractivity contribution in [2.75, 3.05) is 11.9 Å². The van der Waals surface area contributed by atoms with Crippen LogP contribution in [0.5, 0.6) is 0 Å². The fraction of sp³-hybridized carbons (Fsp3) is 0.600. The van der Waals surface area contributed by atoms with E-state index in [0.29, 0.717) is 15.9 Å². The smallest absolute Gasteiger partial charge is 0.304 e. The summed E-state index contributed by atoms with van der Waals surface area (Å²) in [7, 11) is 1.88. The van der Waals surface area contributed by atoms with Gasteiger partial charge in [-0.1, -0.05) is 0 Å². The fourth-order valence-electron chi connectivity index (χ4n) is 1.61. The zero-order chi connectivity index (χ0) is 11.9. The van der Waals surface area contributed by atoms with E-state index in [1.807, 2.05) is 11.9 Å². The fourth-order valence-corrected chi connectivity index (χ4v) is 2.70. The van der Waals surface area contributed by atoms with Gasteiger partial charge in [-0.25, -0.2) is 0 Å². The van der Waals surface area contributed by atoms with Crippen molar-refractivity contribution in [2.45, 2.75) is 31.9 Å². The predicted molar refractivity (Wildman–Crippen MR) is 63.0 cm³/mol. The van der Waals surface area contributed by atoms with Gasteiger partial charge >= 0.3 is 5.69 Å². The molecule has 1 aliphatic carbocycles. The molecule has 0 aliphatic heterocycles. The van der Waals surface area contributed by atoms with Crippen LogP contribution in [0.1, 0.15) is 30.7 Å². The largest absolute Gasteiger partial charge is 0.388 e. The maximum atomic E-state index is 10.9. The lowest BCUT2D eigenvalue weighted by Crippen LogP contribution is -2.18. The van der Waals surface area contributed by atoms with Gasteiger partial charge in [0.05, 0.1) is 11.0 Å². The molecule has 0 unspecified atom stereocenters. The summed E-state index contributed by atoms with van der Waals surface area (Å²) in [6.45, 7) is 1.62. The number of aliphatic hydroxyl groups is 1. The molecule has 16 heavy (non-hydrogen) atoms. The van der Waals surface area contributed by atoms with Crippen molar-refractivity contribution in [1.82, 2.24) is 0 Å². The van der Waals surface area contributed by atoms with Crippen molar-refractivity contribution in [3.05, 3.63) is 21.1 Å². The van der Waals surface area contributed by atoms with E-state index < -0.39 is 6.10 Å². The van der Waals surface area contributed by atoms with Crippen molar-refractivity contribution >= 4 is 22.0 Å². The molecular formula is C10H14N2O3S. The number of hydrogen-bond acceptors (Lipinski definition) is 5. The molecule has 1 fully saturated rings. The molecule has 0 aromatic carbocycles. The molecule has 2 rings (SSSR count). The number of nitro groups is 1. The predicted octanol–water partition coefficient (Wildman–Crippen LogP) is 2.31. The van der Waals surface area contributed by atoms with E-state index in [4.69, 9.17) is 0 Å². The van der Waals surface area contributed by atoms with Crippen molar-refractivity contribution in [3.8, 4) is 0 Å². The van der Waals surface area contributed by atoms with Crippen molar-refractivity contribution in [1.29, 1.82) is 0 Å². The lowest BCUT2D eigenvalue weighted by atomic mass is 10.3. The maximum Gasteiger partial charge on any atom is 0.304 e.